The van der Waals surface area contributed by atoms with Gasteiger partial charge in [-0.15, -0.1) is 0 Å². The Bertz CT molecular complexity index is 568. The lowest BCUT2D eigenvalue weighted by Gasteiger charge is -2.26. The SMILES string of the molecule is CCOC(=O)C(CC)(CC)C(=O)Oc1ccc(F)c(F)c1F. The van der Waals surface area contributed by atoms with Crippen molar-refractivity contribution >= 4 is 11.9 Å². The zero-order valence-corrected chi connectivity index (χ0v) is 12.5. The molecule has 0 saturated carbocycles. The molecule has 22 heavy (non-hydrogen) atoms. The Morgan fingerprint density at radius 1 is 1.00 bits per heavy atom. The number of esters is 2. The predicted molar refractivity (Wildman–Crippen MR) is 71.6 cm³/mol. The molecule has 1 aromatic rings. The van der Waals surface area contributed by atoms with Crippen LogP contribution in [-0.2, 0) is 14.3 Å². The number of rotatable bonds is 6. The minimum absolute atomic E-state index is 0.0620. The molecular formula is C15H17F3O4. The van der Waals surface area contributed by atoms with Crippen LogP contribution in [0.5, 0.6) is 5.75 Å². The topological polar surface area (TPSA) is 52.6 Å². The molecule has 0 aliphatic rings. The Morgan fingerprint density at radius 3 is 2.09 bits per heavy atom. The minimum atomic E-state index is -1.75. The van der Waals surface area contributed by atoms with E-state index in [1.54, 1.807) is 20.8 Å². The number of carbonyl (C=O) groups excluding carboxylic acids is 2. The molecule has 0 fully saturated rings. The smallest absolute Gasteiger partial charge is 0.328 e. The molecule has 1 aromatic carbocycles. The van der Waals surface area contributed by atoms with Crippen LogP contribution in [0.15, 0.2) is 12.1 Å². The van der Waals surface area contributed by atoms with E-state index in [2.05, 4.69) is 0 Å². The van der Waals surface area contributed by atoms with Crippen molar-refractivity contribution in [2.24, 2.45) is 5.41 Å². The third kappa shape index (κ3) is 3.23. The van der Waals surface area contributed by atoms with Crippen LogP contribution < -0.4 is 4.74 Å². The lowest BCUT2D eigenvalue weighted by molar-refractivity contribution is -0.167. The quantitative estimate of drug-likeness (QED) is 0.349. The van der Waals surface area contributed by atoms with Crippen LogP contribution in [0, 0.1) is 22.9 Å². The fourth-order valence-corrected chi connectivity index (χ4v) is 1.96. The predicted octanol–water partition coefficient (Wildman–Crippen LogP) is 3.38. The van der Waals surface area contributed by atoms with E-state index in [4.69, 9.17) is 9.47 Å². The molecule has 0 aromatic heterocycles. The summed E-state index contributed by atoms with van der Waals surface area (Å²) in [4.78, 5) is 24.3. The molecule has 0 spiro atoms. The van der Waals surface area contributed by atoms with Crippen LogP contribution in [0.1, 0.15) is 33.6 Å². The maximum Gasteiger partial charge on any atom is 0.328 e. The monoisotopic (exact) mass is 318 g/mol. The first kappa shape index (κ1) is 18.0. The highest BCUT2D eigenvalue weighted by Gasteiger charge is 2.46. The number of halogens is 3. The number of carbonyl (C=O) groups is 2. The largest absolute Gasteiger partial charge is 0.465 e. The lowest BCUT2D eigenvalue weighted by atomic mass is 9.82. The Balaban J connectivity index is 3.12. The summed E-state index contributed by atoms with van der Waals surface area (Å²) in [7, 11) is 0. The molecule has 0 atom stereocenters. The van der Waals surface area contributed by atoms with Gasteiger partial charge >= 0.3 is 11.9 Å². The van der Waals surface area contributed by atoms with E-state index in [1.807, 2.05) is 0 Å². The zero-order valence-electron chi connectivity index (χ0n) is 12.5. The molecule has 1 rings (SSSR count). The van der Waals surface area contributed by atoms with Gasteiger partial charge in [-0.3, -0.25) is 9.59 Å². The van der Waals surface area contributed by atoms with E-state index < -0.39 is 40.6 Å². The van der Waals surface area contributed by atoms with Gasteiger partial charge in [0.1, 0.15) is 0 Å². The first-order valence-corrected chi connectivity index (χ1v) is 6.87. The summed E-state index contributed by atoms with van der Waals surface area (Å²) >= 11 is 0. The average molecular weight is 318 g/mol. The number of hydrogen-bond donors (Lipinski definition) is 0. The molecular weight excluding hydrogens is 301 g/mol. The van der Waals surface area contributed by atoms with Crippen LogP contribution >= 0.6 is 0 Å². The van der Waals surface area contributed by atoms with Gasteiger partial charge in [-0.1, -0.05) is 13.8 Å². The van der Waals surface area contributed by atoms with Crippen molar-refractivity contribution in [3.05, 3.63) is 29.6 Å². The molecule has 0 heterocycles. The van der Waals surface area contributed by atoms with E-state index in [-0.39, 0.29) is 19.4 Å². The van der Waals surface area contributed by atoms with Crippen LogP contribution in [-0.4, -0.2) is 18.5 Å². The third-order valence-corrected chi connectivity index (χ3v) is 3.47. The van der Waals surface area contributed by atoms with Gasteiger partial charge in [-0.25, -0.2) is 8.78 Å². The van der Waals surface area contributed by atoms with Crippen LogP contribution in [0.25, 0.3) is 0 Å². The Labute approximate surface area is 126 Å². The summed E-state index contributed by atoms with van der Waals surface area (Å²) in [5, 5.41) is 0. The Morgan fingerprint density at radius 2 is 1.59 bits per heavy atom. The highest BCUT2D eigenvalue weighted by molar-refractivity contribution is 6.00. The molecule has 0 N–H and O–H groups in total. The van der Waals surface area contributed by atoms with E-state index >= 15 is 0 Å². The van der Waals surface area contributed by atoms with Gasteiger partial charge in [0.2, 0.25) is 5.82 Å². The first-order chi connectivity index (χ1) is 10.3. The maximum absolute atomic E-state index is 13.6. The van der Waals surface area contributed by atoms with Crippen molar-refractivity contribution in [3.63, 3.8) is 0 Å². The zero-order chi connectivity index (χ0) is 16.9. The normalized spacial score (nSPS) is 11.2. The van der Waals surface area contributed by atoms with E-state index in [0.717, 1.165) is 6.07 Å². The molecule has 0 saturated heterocycles. The number of benzene rings is 1. The fourth-order valence-electron chi connectivity index (χ4n) is 1.96. The molecule has 4 nitrogen and oxygen atoms in total. The summed E-state index contributed by atoms with van der Waals surface area (Å²) in [6.45, 7) is 4.79. The molecule has 0 unspecified atom stereocenters. The average Bonchev–Trinajstić information content (AvgIpc) is 2.50. The van der Waals surface area contributed by atoms with Crippen molar-refractivity contribution < 1.29 is 32.2 Å². The minimum Gasteiger partial charge on any atom is -0.465 e. The maximum atomic E-state index is 13.6. The summed E-state index contributed by atoms with van der Waals surface area (Å²) < 4.78 is 49.2. The Hall–Kier alpha value is -2.05. The summed E-state index contributed by atoms with van der Waals surface area (Å²) in [6, 6.07) is 1.41. The van der Waals surface area contributed by atoms with Crippen molar-refractivity contribution in [2.75, 3.05) is 6.61 Å². The molecule has 0 aliphatic heterocycles. The first-order valence-electron chi connectivity index (χ1n) is 6.87. The molecule has 0 bridgehead atoms. The Kier molecular flexibility index (Phi) is 5.96. The van der Waals surface area contributed by atoms with Crippen molar-refractivity contribution in [1.29, 1.82) is 0 Å². The van der Waals surface area contributed by atoms with Crippen LogP contribution in [0.3, 0.4) is 0 Å². The standard InChI is InChI=1S/C15H17F3O4/c1-4-15(5-2,13(19)21-6-3)14(20)22-10-8-7-9(16)11(17)12(10)18/h7-8H,4-6H2,1-3H3. The van der Waals surface area contributed by atoms with Crippen molar-refractivity contribution in [2.45, 2.75) is 33.6 Å². The van der Waals surface area contributed by atoms with Crippen molar-refractivity contribution in [3.8, 4) is 5.75 Å². The lowest BCUT2D eigenvalue weighted by Crippen LogP contribution is -2.42. The van der Waals surface area contributed by atoms with E-state index in [1.165, 1.54) is 0 Å². The second-order valence-electron chi connectivity index (χ2n) is 4.57. The van der Waals surface area contributed by atoms with Gasteiger partial charge in [0.25, 0.3) is 0 Å². The van der Waals surface area contributed by atoms with Crippen LogP contribution in [0.2, 0.25) is 0 Å². The van der Waals surface area contributed by atoms with Gasteiger partial charge in [-0.2, -0.15) is 4.39 Å². The van der Waals surface area contributed by atoms with Crippen LogP contribution in [0.4, 0.5) is 13.2 Å². The second-order valence-corrected chi connectivity index (χ2v) is 4.57. The van der Waals surface area contributed by atoms with Gasteiger partial charge in [0.05, 0.1) is 6.61 Å². The molecule has 7 heteroatoms. The molecule has 0 amide bonds. The highest BCUT2D eigenvalue weighted by Crippen LogP contribution is 2.32. The summed E-state index contributed by atoms with van der Waals surface area (Å²) in [6.07, 6.45) is 0.124. The molecule has 0 radical (unpaired) electrons. The van der Waals surface area contributed by atoms with Gasteiger partial charge in [0, 0.05) is 0 Å². The summed E-state index contributed by atoms with van der Waals surface area (Å²) in [5.41, 5.74) is -1.62. The number of hydrogen-bond acceptors (Lipinski definition) is 4. The number of ether oxygens (including phenoxy) is 2. The summed E-state index contributed by atoms with van der Waals surface area (Å²) in [5.74, 6) is -7.42. The van der Waals surface area contributed by atoms with E-state index in [9.17, 15) is 22.8 Å². The third-order valence-electron chi connectivity index (χ3n) is 3.47. The molecule has 0 aliphatic carbocycles. The highest BCUT2D eigenvalue weighted by atomic mass is 19.2. The van der Waals surface area contributed by atoms with Gasteiger partial charge in [-0.05, 0) is 31.9 Å². The second kappa shape index (κ2) is 7.29. The van der Waals surface area contributed by atoms with E-state index in [0.29, 0.717) is 6.07 Å². The van der Waals surface area contributed by atoms with Gasteiger partial charge < -0.3 is 9.47 Å². The van der Waals surface area contributed by atoms with Crippen molar-refractivity contribution in [1.82, 2.24) is 0 Å². The molecule has 122 valence electrons. The van der Waals surface area contributed by atoms with Gasteiger partial charge in [0.15, 0.2) is 22.8 Å². The fraction of sp³-hybridized carbons (Fsp3) is 0.467.